The van der Waals surface area contributed by atoms with E-state index in [1.165, 1.54) is 16.4 Å². The van der Waals surface area contributed by atoms with Crippen molar-refractivity contribution >= 4 is 32.6 Å². The summed E-state index contributed by atoms with van der Waals surface area (Å²) in [6, 6.07) is 12.1. The molecule has 2 aromatic carbocycles. The average molecular weight is 443 g/mol. The molecule has 0 spiro atoms. The fraction of sp³-hybridized carbons (Fsp3) is 0.348. The lowest BCUT2D eigenvalue weighted by atomic mass is 10.1. The van der Waals surface area contributed by atoms with Crippen LogP contribution in [0.3, 0.4) is 0 Å². The monoisotopic (exact) mass is 442 g/mol. The number of sulfonamides is 1. The highest BCUT2D eigenvalue weighted by molar-refractivity contribution is 7.89. The van der Waals surface area contributed by atoms with Gasteiger partial charge in [-0.15, -0.1) is 0 Å². The molecule has 1 aliphatic heterocycles. The minimum absolute atomic E-state index is 0.153. The third-order valence-electron chi connectivity index (χ3n) is 5.32. The number of carbonyl (C=O) groups excluding carboxylic acids is 1. The van der Waals surface area contributed by atoms with Crippen LogP contribution in [0, 0.1) is 6.92 Å². The van der Waals surface area contributed by atoms with Crippen molar-refractivity contribution in [3.8, 4) is 0 Å². The van der Waals surface area contributed by atoms with Gasteiger partial charge >= 0.3 is 0 Å². The first-order valence-corrected chi connectivity index (χ1v) is 11.7. The molecular formula is C23H26N2O5S. The van der Waals surface area contributed by atoms with Crippen molar-refractivity contribution in [2.45, 2.75) is 44.3 Å². The highest BCUT2D eigenvalue weighted by Crippen LogP contribution is 2.24. The van der Waals surface area contributed by atoms with E-state index in [2.05, 4.69) is 5.32 Å². The maximum absolute atomic E-state index is 12.9. The SMILES string of the molecule is Cc1ccc2occ(CC(=O)Nc3ccc(S(=O)(=O)N4C[C@@H](C)O[C@@H](C)C4)cc3)c2c1. The molecule has 3 aromatic rings. The molecule has 1 aliphatic rings. The molecule has 31 heavy (non-hydrogen) atoms. The van der Waals surface area contributed by atoms with Crippen LogP contribution in [0.25, 0.3) is 11.0 Å². The van der Waals surface area contributed by atoms with Crippen LogP contribution in [0.5, 0.6) is 0 Å². The van der Waals surface area contributed by atoms with E-state index in [0.29, 0.717) is 18.8 Å². The first-order valence-electron chi connectivity index (χ1n) is 10.2. The maximum atomic E-state index is 12.9. The molecule has 1 N–H and O–H groups in total. The molecule has 4 rings (SSSR count). The van der Waals surface area contributed by atoms with Crippen LogP contribution < -0.4 is 5.32 Å². The molecule has 1 saturated heterocycles. The maximum Gasteiger partial charge on any atom is 0.243 e. The van der Waals surface area contributed by atoms with E-state index in [1.54, 1.807) is 18.4 Å². The number of furan rings is 1. The van der Waals surface area contributed by atoms with Crippen LogP contribution in [0.1, 0.15) is 25.0 Å². The van der Waals surface area contributed by atoms with Crippen molar-refractivity contribution in [1.29, 1.82) is 0 Å². The fourth-order valence-electron chi connectivity index (χ4n) is 3.90. The van der Waals surface area contributed by atoms with Crippen LogP contribution in [-0.4, -0.2) is 43.9 Å². The summed E-state index contributed by atoms with van der Waals surface area (Å²) in [6.07, 6.45) is 1.46. The molecule has 2 atom stereocenters. The predicted octanol–water partition coefficient (Wildman–Crippen LogP) is 3.72. The number of amides is 1. The smallest absolute Gasteiger partial charge is 0.243 e. The summed E-state index contributed by atoms with van der Waals surface area (Å²) in [5, 5.41) is 3.74. The van der Waals surface area contributed by atoms with Crippen molar-refractivity contribution < 1.29 is 22.4 Å². The van der Waals surface area contributed by atoms with Crippen LogP contribution in [0.4, 0.5) is 5.69 Å². The summed E-state index contributed by atoms with van der Waals surface area (Å²) in [5.74, 6) is -0.198. The van der Waals surface area contributed by atoms with Gasteiger partial charge in [-0.1, -0.05) is 11.6 Å². The Morgan fingerprint density at radius 3 is 2.45 bits per heavy atom. The van der Waals surface area contributed by atoms with Gasteiger partial charge in [-0.25, -0.2) is 8.42 Å². The number of nitrogens with zero attached hydrogens (tertiary/aromatic N) is 1. The first-order chi connectivity index (χ1) is 14.7. The molecule has 0 unspecified atom stereocenters. The van der Waals surface area contributed by atoms with Crippen LogP contribution in [-0.2, 0) is 26.0 Å². The number of ether oxygens (including phenoxy) is 1. The number of hydrogen-bond donors (Lipinski definition) is 1. The van der Waals surface area contributed by atoms with E-state index in [9.17, 15) is 13.2 Å². The molecule has 0 bridgehead atoms. The van der Waals surface area contributed by atoms with Gasteiger partial charge in [-0.2, -0.15) is 4.31 Å². The molecule has 7 nitrogen and oxygen atoms in total. The van der Waals surface area contributed by atoms with E-state index in [-0.39, 0.29) is 29.4 Å². The van der Waals surface area contributed by atoms with Gasteiger partial charge in [0.15, 0.2) is 0 Å². The summed E-state index contributed by atoms with van der Waals surface area (Å²) in [7, 11) is -3.61. The Bertz CT molecular complexity index is 1190. The zero-order valence-electron chi connectivity index (χ0n) is 17.8. The molecule has 2 heterocycles. The summed E-state index contributed by atoms with van der Waals surface area (Å²) >= 11 is 0. The van der Waals surface area contributed by atoms with E-state index >= 15 is 0 Å². The lowest BCUT2D eigenvalue weighted by Crippen LogP contribution is -2.48. The standard InChI is InChI=1S/C23H26N2O5S/c1-15-4-9-22-21(10-15)18(14-29-22)11-23(26)24-19-5-7-20(8-6-19)31(27,28)25-12-16(2)30-17(3)13-25/h4-10,14,16-17H,11-13H2,1-3H3,(H,24,26)/t16-,17+. The van der Waals surface area contributed by atoms with Crippen LogP contribution in [0.15, 0.2) is 58.0 Å². The minimum Gasteiger partial charge on any atom is -0.464 e. The molecule has 0 saturated carbocycles. The van der Waals surface area contributed by atoms with Gasteiger partial charge in [0.2, 0.25) is 15.9 Å². The van der Waals surface area contributed by atoms with E-state index in [1.807, 2.05) is 39.0 Å². The number of nitrogens with one attached hydrogen (secondary N) is 1. The van der Waals surface area contributed by atoms with Gasteiger partial charge in [-0.05, 0) is 57.2 Å². The Kier molecular flexibility index (Phi) is 5.88. The summed E-state index contributed by atoms with van der Waals surface area (Å²) in [6.45, 7) is 6.36. The number of benzene rings is 2. The van der Waals surface area contributed by atoms with Crippen molar-refractivity contribution in [3.05, 3.63) is 59.9 Å². The Morgan fingerprint density at radius 2 is 1.77 bits per heavy atom. The van der Waals surface area contributed by atoms with Crippen molar-refractivity contribution in [3.63, 3.8) is 0 Å². The number of fused-ring (bicyclic) bond motifs is 1. The minimum atomic E-state index is -3.61. The summed E-state index contributed by atoms with van der Waals surface area (Å²) < 4.78 is 38.5. The van der Waals surface area contributed by atoms with Crippen molar-refractivity contribution in [2.75, 3.05) is 18.4 Å². The molecule has 1 fully saturated rings. The summed E-state index contributed by atoms with van der Waals surface area (Å²) in [4.78, 5) is 12.7. The van der Waals surface area contributed by atoms with Crippen LogP contribution in [0.2, 0.25) is 0 Å². The lowest BCUT2D eigenvalue weighted by molar-refractivity contribution is -0.115. The number of rotatable bonds is 5. The third kappa shape index (κ3) is 4.66. The Morgan fingerprint density at radius 1 is 1.10 bits per heavy atom. The van der Waals surface area contributed by atoms with E-state index in [0.717, 1.165) is 22.1 Å². The summed E-state index contributed by atoms with van der Waals surface area (Å²) in [5.41, 5.74) is 3.19. The quantitative estimate of drug-likeness (QED) is 0.651. The van der Waals surface area contributed by atoms with Gasteiger partial charge in [0.05, 0.1) is 29.8 Å². The lowest BCUT2D eigenvalue weighted by Gasteiger charge is -2.34. The largest absolute Gasteiger partial charge is 0.464 e. The first kappa shape index (κ1) is 21.5. The average Bonchev–Trinajstić information content (AvgIpc) is 3.09. The number of hydrogen-bond acceptors (Lipinski definition) is 5. The second-order valence-corrected chi connectivity index (χ2v) is 10.0. The predicted molar refractivity (Wildman–Crippen MR) is 118 cm³/mol. The van der Waals surface area contributed by atoms with Gasteiger partial charge in [0, 0.05) is 29.7 Å². The van der Waals surface area contributed by atoms with Gasteiger partial charge < -0.3 is 14.5 Å². The second-order valence-electron chi connectivity index (χ2n) is 8.09. The molecule has 8 heteroatoms. The molecule has 1 amide bonds. The zero-order chi connectivity index (χ0) is 22.2. The van der Waals surface area contributed by atoms with E-state index in [4.69, 9.17) is 9.15 Å². The zero-order valence-corrected chi connectivity index (χ0v) is 18.6. The molecule has 1 aromatic heterocycles. The number of carbonyl (C=O) groups is 1. The fourth-order valence-corrected chi connectivity index (χ4v) is 5.49. The molecular weight excluding hydrogens is 416 g/mol. The van der Waals surface area contributed by atoms with E-state index < -0.39 is 10.0 Å². The topological polar surface area (TPSA) is 88.8 Å². The Hall–Kier alpha value is -2.68. The Balaban J connectivity index is 1.44. The second kappa shape index (κ2) is 8.45. The number of morpholine rings is 1. The van der Waals surface area contributed by atoms with Crippen LogP contribution >= 0.6 is 0 Å². The van der Waals surface area contributed by atoms with Crippen molar-refractivity contribution in [1.82, 2.24) is 4.31 Å². The third-order valence-corrected chi connectivity index (χ3v) is 7.17. The highest BCUT2D eigenvalue weighted by atomic mass is 32.2. The highest BCUT2D eigenvalue weighted by Gasteiger charge is 2.32. The van der Waals surface area contributed by atoms with Gasteiger partial charge in [0.25, 0.3) is 0 Å². The Labute approximate surface area is 182 Å². The number of anilines is 1. The molecule has 164 valence electrons. The molecule has 0 aliphatic carbocycles. The molecule has 0 radical (unpaired) electrons. The van der Waals surface area contributed by atoms with Crippen molar-refractivity contribution in [2.24, 2.45) is 0 Å². The normalized spacial score (nSPS) is 20.1. The van der Waals surface area contributed by atoms with Gasteiger partial charge in [0.1, 0.15) is 5.58 Å². The van der Waals surface area contributed by atoms with Gasteiger partial charge in [-0.3, -0.25) is 4.79 Å². The number of aryl methyl sites for hydroxylation is 1.